The van der Waals surface area contributed by atoms with Crippen LogP contribution in [0.4, 0.5) is 0 Å². The van der Waals surface area contributed by atoms with Gasteiger partial charge in [-0.2, -0.15) is 0 Å². The van der Waals surface area contributed by atoms with Gasteiger partial charge in [-0.15, -0.1) is 0 Å². The number of fused-ring (bicyclic) bond motifs is 1. The quantitative estimate of drug-likeness (QED) is 0.628. The van der Waals surface area contributed by atoms with E-state index >= 15 is 0 Å². The molecule has 7 heteroatoms. The standard InChI is InChI=1S/C14H13NO6/c1-6(2)10(12(17)18)15-11(16)7-3-4-8-9(5-7)14(20)21-13(8)19/h3-6,10H,1-2H3,(H,15,16)(H,17,18). The predicted octanol–water partition coefficient (Wildman–Crippen LogP) is 0.836. The fourth-order valence-electron chi connectivity index (χ4n) is 1.96. The summed E-state index contributed by atoms with van der Waals surface area (Å²) in [5.74, 6) is -3.65. The van der Waals surface area contributed by atoms with Crippen molar-refractivity contribution < 1.29 is 29.0 Å². The normalized spacial score (nSPS) is 14.6. The van der Waals surface area contributed by atoms with Crippen LogP contribution in [-0.2, 0) is 9.53 Å². The minimum atomic E-state index is -1.14. The van der Waals surface area contributed by atoms with Crippen molar-refractivity contribution in [1.82, 2.24) is 5.32 Å². The molecule has 0 saturated carbocycles. The number of carbonyl (C=O) groups is 4. The molecule has 0 saturated heterocycles. The van der Waals surface area contributed by atoms with Crippen molar-refractivity contribution in [3.05, 3.63) is 34.9 Å². The SMILES string of the molecule is CC(C)C(NC(=O)c1ccc2c(c1)C(=O)OC2=O)C(=O)O. The smallest absolute Gasteiger partial charge is 0.346 e. The Morgan fingerprint density at radius 1 is 1.14 bits per heavy atom. The largest absolute Gasteiger partial charge is 0.480 e. The van der Waals surface area contributed by atoms with Crippen LogP contribution in [0, 0.1) is 5.92 Å². The molecule has 1 unspecified atom stereocenters. The van der Waals surface area contributed by atoms with Gasteiger partial charge in [0.25, 0.3) is 5.91 Å². The van der Waals surface area contributed by atoms with Crippen LogP contribution in [-0.4, -0.2) is 35.0 Å². The van der Waals surface area contributed by atoms with E-state index in [-0.39, 0.29) is 22.6 Å². The lowest BCUT2D eigenvalue weighted by atomic mass is 10.0. The summed E-state index contributed by atoms with van der Waals surface area (Å²) in [6.07, 6.45) is 0. The zero-order chi connectivity index (χ0) is 15.7. The maximum atomic E-state index is 12.0. The Hall–Kier alpha value is -2.70. The molecule has 0 bridgehead atoms. The van der Waals surface area contributed by atoms with Crippen LogP contribution >= 0.6 is 0 Å². The van der Waals surface area contributed by atoms with E-state index in [1.165, 1.54) is 18.2 Å². The fourth-order valence-corrected chi connectivity index (χ4v) is 1.96. The van der Waals surface area contributed by atoms with Crippen LogP contribution in [0.2, 0.25) is 0 Å². The summed E-state index contributed by atoms with van der Waals surface area (Å²) in [5, 5.41) is 11.4. The van der Waals surface area contributed by atoms with E-state index in [0.717, 1.165) is 0 Å². The van der Waals surface area contributed by atoms with Crippen molar-refractivity contribution in [3.8, 4) is 0 Å². The van der Waals surface area contributed by atoms with Crippen molar-refractivity contribution in [2.45, 2.75) is 19.9 Å². The first-order valence-corrected chi connectivity index (χ1v) is 6.25. The highest BCUT2D eigenvalue weighted by Gasteiger charge is 2.31. The van der Waals surface area contributed by atoms with Crippen LogP contribution < -0.4 is 5.32 Å². The molecule has 0 aliphatic carbocycles. The minimum Gasteiger partial charge on any atom is -0.480 e. The molecule has 2 rings (SSSR count). The first-order valence-electron chi connectivity index (χ1n) is 6.25. The van der Waals surface area contributed by atoms with E-state index in [1.54, 1.807) is 13.8 Å². The van der Waals surface area contributed by atoms with E-state index in [4.69, 9.17) is 5.11 Å². The Morgan fingerprint density at radius 3 is 2.33 bits per heavy atom. The van der Waals surface area contributed by atoms with Crippen molar-refractivity contribution >= 4 is 23.8 Å². The Morgan fingerprint density at radius 2 is 1.76 bits per heavy atom. The number of aliphatic carboxylic acids is 1. The summed E-state index contributed by atoms with van der Waals surface area (Å²) < 4.78 is 4.42. The summed E-state index contributed by atoms with van der Waals surface area (Å²) in [4.78, 5) is 45.8. The van der Waals surface area contributed by atoms with Gasteiger partial charge in [-0.25, -0.2) is 14.4 Å². The zero-order valence-electron chi connectivity index (χ0n) is 11.4. The molecule has 110 valence electrons. The van der Waals surface area contributed by atoms with E-state index in [2.05, 4.69) is 10.1 Å². The lowest BCUT2D eigenvalue weighted by Crippen LogP contribution is -2.44. The molecule has 0 radical (unpaired) electrons. The third-order valence-electron chi connectivity index (χ3n) is 3.13. The third kappa shape index (κ3) is 2.76. The number of benzene rings is 1. The van der Waals surface area contributed by atoms with E-state index in [1.807, 2.05) is 0 Å². The molecule has 0 aromatic heterocycles. The average molecular weight is 291 g/mol. The molecular weight excluding hydrogens is 278 g/mol. The molecule has 21 heavy (non-hydrogen) atoms. The minimum absolute atomic E-state index is 0.00377. The number of esters is 2. The van der Waals surface area contributed by atoms with Gasteiger partial charge in [-0.05, 0) is 24.1 Å². The van der Waals surface area contributed by atoms with E-state index in [0.29, 0.717) is 0 Å². The Balaban J connectivity index is 2.25. The molecule has 0 spiro atoms. The van der Waals surface area contributed by atoms with Crippen molar-refractivity contribution in [3.63, 3.8) is 0 Å². The summed E-state index contributed by atoms with van der Waals surface area (Å²) in [6.45, 7) is 3.33. The molecule has 7 nitrogen and oxygen atoms in total. The molecule has 1 aliphatic heterocycles. The fraction of sp³-hybridized carbons (Fsp3) is 0.286. The van der Waals surface area contributed by atoms with E-state index < -0.39 is 29.9 Å². The van der Waals surface area contributed by atoms with Gasteiger partial charge in [-0.1, -0.05) is 13.8 Å². The Kier molecular flexibility index (Phi) is 3.75. The zero-order valence-corrected chi connectivity index (χ0v) is 11.4. The van der Waals surface area contributed by atoms with Crippen molar-refractivity contribution in [2.24, 2.45) is 5.92 Å². The maximum Gasteiger partial charge on any atom is 0.346 e. The number of hydrogen-bond donors (Lipinski definition) is 2. The number of carboxylic acid groups (broad SMARTS) is 1. The monoisotopic (exact) mass is 291 g/mol. The maximum absolute atomic E-state index is 12.0. The van der Waals surface area contributed by atoms with Crippen LogP contribution in [0.25, 0.3) is 0 Å². The number of rotatable bonds is 4. The highest BCUT2D eigenvalue weighted by atomic mass is 16.6. The van der Waals surface area contributed by atoms with Gasteiger partial charge < -0.3 is 15.2 Å². The molecule has 0 fully saturated rings. The Labute approximate surface area is 119 Å². The van der Waals surface area contributed by atoms with Gasteiger partial charge >= 0.3 is 17.9 Å². The molecule has 2 N–H and O–H groups in total. The highest BCUT2D eigenvalue weighted by Crippen LogP contribution is 2.21. The lowest BCUT2D eigenvalue weighted by molar-refractivity contribution is -0.140. The number of hydrogen-bond acceptors (Lipinski definition) is 5. The Bertz CT molecular complexity index is 649. The van der Waals surface area contributed by atoms with Crippen LogP contribution in [0.1, 0.15) is 44.9 Å². The molecule has 1 atom stereocenters. The van der Waals surface area contributed by atoms with Gasteiger partial charge in [-0.3, -0.25) is 4.79 Å². The molecule has 1 heterocycles. The molecule has 1 aromatic rings. The van der Waals surface area contributed by atoms with Gasteiger partial charge in [0, 0.05) is 5.56 Å². The van der Waals surface area contributed by atoms with Gasteiger partial charge in [0.2, 0.25) is 0 Å². The third-order valence-corrected chi connectivity index (χ3v) is 3.13. The number of ether oxygens (including phenoxy) is 1. The molecule has 1 aliphatic rings. The summed E-state index contributed by atoms with van der Waals surface area (Å²) in [5.41, 5.74) is 0.187. The predicted molar refractivity (Wildman–Crippen MR) is 69.9 cm³/mol. The number of carbonyl (C=O) groups excluding carboxylic acids is 3. The first kappa shape index (κ1) is 14.7. The lowest BCUT2D eigenvalue weighted by Gasteiger charge is -2.17. The second kappa shape index (κ2) is 5.35. The van der Waals surface area contributed by atoms with Gasteiger partial charge in [0.1, 0.15) is 6.04 Å². The first-order chi connectivity index (χ1) is 9.81. The number of cyclic esters (lactones) is 2. The highest BCUT2D eigenvalue weighted by molar-refractivity contribution is 6.15. The summed E-state index contributed by atoms with van der Waals surface area (Å²) in [7, 11) is 0. The molecule has 1 amide bonds. The molecule has 1 aromatic carbocycles. The van der Waals surface area contributed by atoms with E-state index in [9.17, 15) is 19.2 Å². The second-order valence-electron chi connectivity index (χ2n) is 4.97. The summed E-state index contributed by atoms with van der Waals surface area (Å²) in [6, 6.07) is 2.83. The van der Waals surface area contributed by atoms with Crippen molar-refractivity contribution in [2.75, 3.05) is 0 Å². The number of nitrogens with one attached hydrogen (secondary N) is 1. The second-order valence-corrected chi connectivity index (χ2v) is 4.97. The number of carboxylic acids is 1. The average Bonchev–Trinajstić information content (AvgIpc) is 2.70. The van der Waals surface area contributed by atoms with Gasteiger partial charge in [0.15, 0.2) is 0 Å². The van der Waals surface area contributed by atoms with Crippen LogP contribution in [0.5, 0.6) is 0 Å². The number of amides is 1. The van der Waals surface area contributed by atoms with Crippen LogP contribution in [0.15, 0.2) is 18.2 Å². The van der Waals surface area contributed by atoms with Crippen molar-refractivity contribution in [1.29, 1.82) is 0 Å². The summed E-state index contributed by atoms with van der Waals surface area (Å²) >= 11 is 0. The molecular formula is C14H13NO6. The topological polar surface area (TPSA) is 110 Å². The van der Waals surface area contributed by atoms with Crippen LogP contribution in [0.3, 0.4) is 0 Å². The van der Waals surface area contributed by atoms with Gasteiger partial charge in [0.05, 0.1) is 11.1 Å².